The van der Waals surface area contributed by atoms with E-state index < -0.39 is 0 Å². The lowest BCUT2D eigenvalue weighted by atomic mass is 10.0. The van der Waals surface area contributed by atoms with Gasteiger partial charge in [-0.3, -0.25) is 9.78 Å². The zero-order valence-corrected chi connectivity index (χ0v) is 12.7. The molecule has 0 amide bonds. The maximum atomic E-state index is 12.3. The first kappa shape index (κ1) is 13.3. The first-order valence-electron chi connectivity index (χ1n) is 6.53. The Kier molecular flexibility index (Phi) is 3.57. The summed E-state index contributed by atoms with van der Waals surface area (Å²) in [4.78, 5) is 16.5. The molecule has 0 aliphatic carbocycles. The van der Waals surface area contributed by atoms with Crippen molar-refractivity contribution in [1.29, 1.82) is 0 Å². The third-order valence-electron chi connectivity index (χ3n) is 3.41. The van der Waals surface area contributed by atoms with E-state index in [9.17, 15) is 4.79 Å². The topological polar surface area (TPSA) is 39.2 Å². The molecular weight excluding hydrogens is 318 g/mol. The number of Topliss-reactive ketones (excluding diaryl/α,β-unsaturated/α-hetero) is 1. The number of fused-ring (bicyclic) bond motifs is 1. The summed E-state index contributed by atoms with van der Waals surface area (Å²) < 4.78 is 6.64. The maximum absolute atomic E-state index is 12.3. The second-order valence-corrected chi connectivity index (χ2v) is 5.86. The number of nitrogens with zero attached hydrogens (tertiary/aromatic N) is 1. The van der Waals surface area contributed by atoms with E-state index in [1.807, 2.05) is 25.1 Å². The largest absolute Gasteiger partial charge is 0.493 e. The molecule has 2 aromatic rings. The van der Waals surface area contributed by atoms with Gasteiger partial charge in [-0.15, -0.1) is 0 Å². The molecule has 1 aliphatic rings. The number of carbonyl (C=O) groups excluding carboxylic acids is 1. The van der Waals surface area contributed by atoms with E-state index in [0.717, 1.165) is 27.9 Å². The number of benzene rings is 1. The van der Waals surface area contributed by atoms with Crippen LogP contribution in [-0.4, -0.2) is 17.4 Å². The highest BCUT2D eigenvalue weighted by atomic mass is 79.9. The summed E-state index contributed by atoms with van der Waals surface area (Å²) in [6.45, 7) is 2.60. The minimum absolute atomic E-state index is 0.0632. The quantitative estimate of drug-likeness (QED) is 0.808. The van der Waals surface area contributed by atoms with Gasteiger partial charge in [0.1, 0.15) is 5.75 Å². The van der Waals surface area contributed by atoms with E-state index in [1.54, 1.807) is 6.20 Å². The number of ether oxygens (including phenoxy) is 1. The Morgan fingerprint density at radius 2 is 2.25 bits per heavy atom. The SMILES string of the molecule is Cc1ccc(C(=O)Cc2cc(Br)cc3c2OCC3)cn1. The van der Waals surface area contributed by atoms with Crippen molar-refractivity contribution in [3.05, 3.63) is 57.3 Å². The second kappa shape index (κ2) is 5.37. The minimum atomic E-state index is 0.0632. The molecule has 3 rings (SSSR count). The normalized spacial score (nSPS) is 12.9. The number of halogens is 1. The van der Waals surface area contributed by atoms with Crippen LogP contribution >= 0.6 is 15.9 Å². The van der Waals surface area contributed by atoms with E-state index in [1.165, 1.54) is 5.56 Å². The summed E-state index contributed by atoms with van der Waals surface area (Å²) in [5.41, 5.74) is 3.66. The van der Waals surface area contributed by atoms with Crippen LogP contribution in [0.15, 0.2) is 34.9 Å². The molecule has 0 spiro atoms. The van der Waals surface area contributed by atoms with E-state index in [2.05, 4.69) is 27.0 Å². The summed E-state index contributed by atoms with van der Waals surface area (Å²) in [5, 5.41) is 0. The number of pyridine rings is 1. The average molecular weight is 332 g/mol. The van der Waals surface area contributed by atoms with Crippen LogP contribution in [0.2, 0.25) is 0 Å². The van der Waals surface area contributed by atoms with Crippen molar-refractivity contribution >= 4 is 21.7 Å². The predicted molar refractivity (Wildman–Crippen MR) is 80.3 cm³/mol. The lowest BCUT2D eigenvalue weighted by Crippen LogP contribution is -2.05. The molecule has 0 bridgehead atoms. The summed E-state index contributed by atoms with van der Waals surface area (Å²) in [5.74, 6) is 0.940. The number of hydrogen-bond acceptors (Lipinski definition) is 3. The molecule has 3 nitrogen and oxygen atoms in total. The fourth-order valence-electron chi connectivity index (χ4n) is 2.39. The van der Waals surface area contributed by atoms with Crippen LogP contribution < -0.4 is 4.74 Å². The predicted octanol–water partition coefficient (Wildman–Crippen LogP) is 3.51. The highest BCUT2D eigenvalue weighted by Gasteiger charge is 2.19. The van der Waals surface area contributed by atoms with Gasteiger partial charge in [-0.05, 0) is 36.8 Å². The molecule has 1 aliphatic heterocycles. The maximum Gasteiger partial charge on any atom is 0.168 e. The van der Waals surface area contributed by atoms with Crippen LogP contribution in [0, 0.1) is 6.92 Å². The van der Waals surface area contributed by atoms with Gasteiger partial charge in [0, 0.05) is 40.3 Å². The molecule has 0 saturated heterocycles. The molecule has 0 fully saturated rings. The van der Waals surface area contributed by atoms with Crippen LogP contribution in [0.5, 0.6) is 5.75 Å². The van der Waals surface area contributed by atoms with Crippen LogP contribution in [0.3, 0.4) is 0 Å². The van der Waals surface area contributed by atoms with Crippen molar-refractivity contribution in [2.24, 2.45) is 0 Å². The number of hydrogen-bond donors (Lipinski definition) is 0. The Morgan fingerprint density at radius 3 is 3.00 bits per heavy atom. The molecule has 1 aromatic carbocycles. The molecule has 0 radical (unpaired) electrons. The summed E-state index contributed by atoms with van der Waals surface area (Å²) >= 11 is 3.49. The zero-order valence-electron chi connectivity index (χ0n) is 11.1. The lowest BCUT2D eigenvalue weighted by Gasteiger charge is -2.08. The fourth-order valence-corrected chi connectivity index (χ4v) is 2.94. The van der Waals surface area contributed by atoms with E-state index >= 15 is 0 Å². The van der Waals surface area contributed by atoms with Gasteiger partial charge in [0.2, 0.25) is 0 Å². The summed E-state index contributed by atoms with van der Waals surface area (Å²) in [7, 11) is 0. The molecule has 1 aromatic heterocycles. The fraction of sp³-hybridized carbons (Fsp3) is 0.250. The highest BCUT2D eigenvalue weighted by Crippen LogP contribution is 2.33. The van der Waals surface area contributed by atoms with Crippen LogP contribution in [-0.2, 0) is 12.8 Å². The molecule has 0 N–H and O–H groups in total. The number of ketones is 1. The average Bonchev–Trinajstić information content (AvgIpc) is 2.87. The smallest absolute Gasteiger partial charge is 0.168 e. The van der Waals surface area contributed by atoms with Crippen LogP contribution in [0.1, 0.15) is 27.2 Å². The zero-order chi connectivity index (χ0) is 14.1. The van der Waals surface area contributed by atoms with Crippen molar-refractivity contribution < 1.29 is 9.53 Å². The molecule has 0 saturated carbocycles. The minimum Gasteiger partial charge on any atom is -0.493 e. The van der Waals surface area contributed by atoms with E-state index in [4.69, 9.17) is 4.74 Å². The van der Waals surface area contributed by atoms with Gasteiger partial charge < -0.3 is 4.74 Å². The Bertz CT molecular complexity index is 665. The highest BCUT2D eigenvalue weighted by molar-refractivity contribution is 9.10. The van der Waals surface area contributed by atoms with Gasteiger partial charge in [-0.25, -0.2) is 0 Å². The van der Waals surface area contributed by atoms with E-state index in [0.29, 0.717) is 18.6 Å². The van der Waals surface area contributed by atoms with E-state index in [-0.39, 0.29) is 5.78 Å². The first-order chi connectivity index (χ1) is 9.63. The Hall–Kier alpha value is -1.68. The van der Waals surface area contributed by atoms with Gasteiger partial charge in [0.05, 0.1) is 6.61 Å². The van der Waals surface area contributed by atoms with Crippen molar-refractivity contribution in [3.63, 3.8) is 0 Å². The number of aryl methyl sites for hydroxylation is 1. The molecule has 102 valence electrons. The summed E-state index contributed by atoms with van der Waals surface area (Å²) in [6, 6.07) is 7.70. The molecule has 0 atom stereocenters. The molecule has 20 heavy (non-hydrogen) atoms. The third-order valence-corrected chi connectivity index (χ3v) is 3.87. The Labute approximate surface area is 126 Å². The van der Waals surface area contributed by atoms with Crippen molar-refractivity contribution in [2.45, 2.75) is 19.8 Å². The van der Waals surface area contributed by atoms with Gasteiger partial charge in [0.25, 0.3) is 0 Å². The second-order valence-electron chi connectivity index (χ2n) is 4.94. The summed E-state index contributed by atoms with van der Waals surface area (Å²) in [6.07, 6.45) is 2.88. The van der Waals surface area contributed by atoms with Crippen molar-refractivity contribution in [2.75, 3.05) is 6.61 Å². The van der Waals surface area contributed by atoms with Gasteiger partial charge in [-0.1, -0.05) is 15.9 Å². The molecule has 0 unspecified atom stereocenters. The van der Waals surface area contributed by atoms with Gasteiger partial charge in [-0.2, -0.15) is 0 Å². The Morgan fingerprint density at radius 1 is 1.40 bits per heavy atom. The van der Waals surface area contributed by atoms with Crippen LogP contribution in [0.25, 0.3) is 0 Å². The standard InChI is InChI=1S/C16H14BrNO2/c1-10-2-3-12(9-18-10)15(19)8-13-7-14(17)6-11-4-5-20-16(11)13/h2-3,6-7,9H,4-5,8H2,1H3. The third kappa shape index (κ3) is 2.61. The number of carbonyl (C=O) groups is 1. The van der Waals surface area contributed by atoms with Crippen molar-refractivity contribution in [3.8, 4) is 5.75 Å². The molecular formula is C16H14BrNO2. The Balaban J connectivity index is 1.88. The van der Waals surface area contributed by atoms with Gasteiger partial charge in [0.15, 0.2) is 5.78 Å². The lowest BCUT2D eigenvalue weighted by molar-refractivity contribution is 0.0991. The molecule has 2 heterocycles. The monoisotopic (exact) mass is 331 g/mol. The van der Waals surface area contributed by atoms with Crippen LogP contribution in [0.4, 0.5) is 0 Å². The molecule has 4 heteroatoms. The van der Waals surface area contributed by atoms with Gasteiger partial charge >= 0.3 is 0 Å². The number of rotatable bonds is 3. The number of aromatic nitrogens is 1. The van der Waals surface area contributed by atoms with Crippen molar-refractivity contribution in [1.82, 2.24) is 4.98 Å². The first-order valence-corrected chi connectivity index (χ1v) is 7.33.